The van der Waals surface area contributed by atoms with Crippen molar-refractivity contribution in [1.82, 2.24) is 9.97 Å². The molecule has 0 saturated carbocycles. The molecule has 0 fully saturated rings. The topological polar surface area (TPSA) is 76.1 Å². The van der Waals surface area contributed by atoms with Crippen LogP contribution >= 0.6 is 0 Å². The van der Waals surface area contributed by atoms with Gasteiger partial charge in [-0.05, 0) is 42.3 Å². The summed E-state index contributed by atoms with van der Waals surface area (Å²) in [5.41, 5.74) is 1.36. The van der Waals surface area contributed by atoms with Crippen molar-refractivity contribution in [1.29, 1.82) is 0 Å². The molecular formula is C20H19FN4O2. The Kier molecular flexibility index (Phi) is 5.94. The monoisotopic (exact) mass is 366 g/mol. The molecule has 3 aromatic rings. The number of carbonyl (C=O) groups excluding carboxylic acids is 1. The molecule has 1 aromatic heterocycles. The summed E-state index contributed by atoms with van der Waals surface area (Å²) in [5.74, 6) is 0.129. The third-order valence-corrected chi connectivity index (χ3v) is 3.84. The summed E-state index contributed by atoms with van der Waals surface area (Å²) in [6.07, 6.45) is 2.23. The quantitative estimate of drug-likeness (QED) is 0.669. The van der Waals surface area contributed by atoms with Gasteiger partial charge in [0.25, 0.3) is 5.91 Å². The van der Waals surface area contributed by atoms with Crippen LogP contribution in [0.5, 0.6) is 5.75 Å². The average Bonchev–Trinajstić information content (AvgIpc) is 2.70. The van der Waals surface area contributed by atoms with E-state index in [1.165, 1.54) is 24.4 Å². The van der Waals surface area contributed by atoms with Crippen LogP contribution < -0.4 is 15.4 Å². The number of methoxy groups -OCH3 is 1. The molecule has 27 heavy (non-hydrogen) atoms. The van der Waals surface area contributed by atoms with E-state index in [-0.39, 0.29) is 11.4 Å². The zero-order valence-corrected chi connectivity index (χ0v) is 14.8. The number of ether oxygens (including phenoxy) is 1. The number of amides is 1. The second-order valence-corrected chi connectivity index (χ2v) is 5.73. The van der Waals surface area contributed by atoms with Gasteiger partial charge in [-0.3, -0.25) is 4.79 Å². The van der Waals surface area contributed by atoms with Gasteiger partial charge in [0.05, 0.1) is 12.8 Å². The standard InChI is InChI=1S/C20H19FN4O2/c1-27-15-6-4-5-14(13-15)9-11-22-20-23-12-10-18(25-20)19(26)24-17-8-3-2-7-16(17)21/h2-8,10,12-13H,9,11H2,1H3,(H,24,26)(H,22,23,25). The van der Waals surface area contributed by atoms with Gasteiger partial charge < -0.3 is 15.4 Å². The molecule has 0 bridgehead atoms. The number of carbonyl (C=O) groups is 1. The van der Waals surface area contributed by atoms with Crippen molar-refractivity contribution in [2.24, 2.45) is 0 Å². The van der Waals surface area contributed by atoms with Crippen LogP contribution in [0.2, 0.25) is 0 Å². The lowest BCUT2D eigenvalue weighted by Gasteiger charge is -2.08. The van der Waals surface area contributed by atoms with E-state index < -0.39 is 11.7 Å². The zero-order chi connectivity index (χ0) is 19.1. The molecule has 2 aromatic carbocycles. The van der Waals surface area contributed by atoms with E-state index in [0.717, 1.165) is 17.7 Å². The van der Waals surface area contributed by atoms with Crippen molar-refractivity contribution < 1.29 is 13.9 Å². The van der Waals surface area contributed by atoms with Crippen molar-refractivity contribution in [3.8, 4) is 5.75 Å². The van der Waals surface area contributed by atoms with Gasteiger partial charge in [-0.25, -0.2) is 14.4 Å². The number of para-hydroxylation sites is 1. The van der Waals surface area contributed by atoms with Crippen molar-refractivity contribution in [2.75, 3.05) is 24.3 Å². The van der Waals surface area contributed by atoms with Crippen molar-refractivity contribution in [3.05, 3.63) is 77.9 Å². The highest BCUT2D eigenvalue weighted by Crippen LogP contribution is 2.14. The van der Waals surface area contributed by atoms with Crippen LogP contribution in [0.15, 0.2) is 60.8 Å². The maximum absolute atomic E-state index is 13.7. The van der Waals surface area contributed by atoms with Gasteiger partial charge in [0.2, 0.25) is 5.95 Å². The predicted octanol–water partition coefficient (Wildman–Crippen LogP) is 3.53. The number of hydrogen-bond donors (Lipinski definition) is 2. The number of nitrogens with zero attached hydrogens (tertiary/aromatic N) is 2. The first-order chi connectivity index (χ1) is 13.2. The molecule has 0 atom stereocenters. The van der Waals surface area contributed by atoms with Crippen molar-refractivity contribution in [2.45, 2.75) is 6.42 Å². The molecule has 0 saturated heterocycles. The number of aromatic nitrogens is 2. The number of hydrogen-bond acceptors (Lipinski definition) is 5. The Bertz CT molecular complexity index is 933. The number of rotatable bonds is 7. The van der Waals surface area contributed by atoms with Crippen molar-refractivity contribution >= 4 is 17.5 Å². The van der Waals surface area contributed by atoms with Gasteiger partial charge in [0.1, 0.15) is 17.3 Å². The van der Waals surface area contributed by atoms with E-state index >= 15 is 0 Å². The predicted molar refractivity (Wildman–Crippen MR) is 102 cm³/mol. The molecule has 1 heterocycles. The maximum Gasteiger partial charge on any atom is 0.274 e. The fourth-order valence-electron chi connectivity index (χ4n) is 2.47. The molecular weight excluding hydrogens is 347 g/mol. The Hall–Kier alpha value is -3.48. The molecule has 0 unspecified atom stereocenters. The minimum Gasteiger partial charge on any atom is -0.497 e. The van der Waals surface area contributed by atoms with Crippen LogP contribution in [0.25, 0.3) is 0 Å². The first-order valence-corrected chi connectivity index (χ1v) is 8.41. The minimum atomic E-state index is -0.503. The van der Waals surface area contributed by atoms with E-state index in [0.29, 0.717) is 12.5 Å². The molecule has 0 aliphatic carbocycles. The van der Waals surface area contributed by atoms with Crippen LogP contribution in [0.1, 0.15) is 16.1 Å². The van der Waals surface area contributed by atoms with Gasteiger partial charge >= 0.3 is 0 Å². The molecule has 0 spiro atoms. The Morgan fingerprint density at radius 2 is 2.00 bits per heavy atom. The molecule has 6 nitrogen and oxygen atoms in total. The largest absolute Gasteiger partial charge is 0.497 e. The van der Waals surface area contributed by atoms with Gasteiger partial charge in [-0.15, -0.1) is 0 Å². The summed E-state index contributed by atoms with van der Waals surface area (Å²) in [6.45, 7) is 0.589. The molecule has 0 radical (unpaired) electrons. The molecule has 7 heteroatoms. The summed E-state index contributed by atoms with van der Waals surface area (Å²) < 4.78 is 18.9. The molecule has 2 N–H and O–H groups in total. The first kappa shape index (κ1) is 18.3. The fraction of sp³-hybridized carbons (Fsp3) is 0.150. The van der Waals surface area contributed by atoms with Gasteiger partial charge in [-0.1, -0.05) is 24.3 Å². The molecule has 138 valence electrons. The second-order valence-electron chi connectivity index (χ2n) is 5.73. The Morgan fingerprint density at radius 1 is 1.15 bits per heavy atom. The molecule has 1 amide bonds. The lowest BCUT2D eigenvalue weighted by molar-refractivity contribution is 0.102. The Labute approximate surface area is 156 Å². The summed E-state index contributed by atoms with van der Waals surface area (Å²) in [5, 5.41) is 5.59. The summed E-state index contributed by atoms with van der Waals surface area (Å²) in [4.78, 5) is 20.6. The normalized spacial score (nSPS) is 10.3. The van der Waals surface area contributed by atoms with Crippen LogP contribution in [0, 0.1) is 5.82 Å². The average molecular weight is 366 g/mol. The number of nitrogens with one attached hydrogen (secondary N) is 2. The smallest absolute Gasteiger partial charge is 0.274 e. The highest BCUT2D eigenvalue weighted by atomic mass is 19.1. The van der Waals surface area contributed by atoms with E-state index in [4.69, 9.17) is 4.74 Å². The molecule has 0 aliphatic heterocycles. The zero-order valence-electron chi connectivity index (χ0n) is 14.8. The SMILES string of the molecule is COc1cccc(CCNc2nccc(C(=O)Nc3ccccc3F)n2)c1. The number of benzene rings is 2. The Balaban J connectivity index is 1.59. The third kappa shape index (κ3) is 5.01. The minimum absolute atomic E-state index is 0.105. The van der Waals surface area contributed by atoms with Gasteiger partial charge in [0.15, 0.2) is 0 Å². The summed E-state index contributed by atoms with van der Waals surface area (Å²) in [6, 6.07) is 15.2. The third-order valence-electron chi connectivity index (χ3n) is 3.84. The second kappa shape index (κ2) is 8.75. The van der Waals surface area contributed by atoms with E-state index in [9.17, 15) is 9.18 Å². The van der Waals surface area contributed by atoms with E-state index in [1.807, 2.05) is 24.3 Å². The van der Waals surface area contributed by atoms with Gasteiger partial charge in [-0.2, -0.15) is 0 Å². The van der Waals surface area contributed by atoms with Crippen LogP contribution in [0.3, 0.4) is 0 Å². The van der Waals surface area contributed by atoms with Crippen LogP contribution in [-0.2, 0) is 6.42 Å². The number of halogens is 1. The highest BCUT2D eigenvalue weighted by Gasteiger charge is 2.11. The van der Waals surface area contributed by atoms with Gasteiger partial charge in [0, 0.05) is 12.7 Å². The van der Waals surface area contributed by atoms with Crippen LogP contribution in [-0.4, -0.2) is 29.5 Å². The van der Waals surface area contributed by atoms with E-state index in [1.54, 1.807) is 19.2 Å². The molecule has 3 rings (SSSR count). The Morgan fingerprint density at radius 3 is 2.81 bits per heavy atom. The lowest BCUT2D eigenvalue weighted by Crippen LogP contribution is -2.16. The highest BCUT2D eigenvalue weighted by molar-refractivity contribution is 6.03. The van der Waals surface area contributed by atoms with Crippen LogP contribution in [0.4, 0.5) is 16.0 Å². The molecule has 0 aliphatic rings. The number of anilines is 2. The van der Waals surface area contributed by atoms with E-state index in [2.05, 4.69) is 20.6 Å². The summed E-state index contributed by atoms with van der Waals surface area (Å²) in [7, 11) is 1.63. The maximum atomic E-state index is 13.7. The lowest BCUT2D eigenvalue weighted by atomic mass is 10.1. The van der Waals surface area contributed by atoms with Crippen molar-refractivity contribution in [3.63, 3.8) is 0 Å². The first-order valence-electron chi connectivity index (χ1n) is 8.41. The fourth-order valence-corrected chi connectivity index (χ4v) is 2.47. The summed E-state index contributed by atoms with van der Waals surface area (Å²) >= 11 is 0.